The fraction of sp³-hybridized carbons (Fsp3) is 0.250. The molecule has 0 aromatic rings. The molecule has 2 heteroatoms. The number of hydrogen-bond acceptors (Lipinski definition) is 1. The standard InChI is InChI=1S/C4H5O.Cu/c1-4(2)3-5;/h1H2,2H3;/q-1;+1. The van der Waals surface area contributed by atoms with Crippen LogP contribution in [0.2, 0.25) is 0 Å². The second-order valence-corrected chi connectivity index (χ2v) is 0.882. The Morgan fingerprint density at radius 2 is 2.00 bits per heavy atom. The topological polar surface area (TPSA) is 17.1 Å². The maximum atomic E-state index is 9.28. The van der Waals surface area contributed by atoms with Gasteiger partial charge in [0.05, 0.1) is 0 Å². The van der Waals surface area contributed by atoms with E-state index in [4.69, 9.17) is 0 Å². The zero-order valence-corrected chi connectivity index (χ0v) is 4.36. The van der Waals surface area contributed by atoms with Crippen LogP contribution in [-0.4, -0.2) is 6.29 Å². The Balaban J connectivity index is 0. The number of carbonyl (C=O) groups excluding carboxylic acids is 1. The van der Waals surface area contributed by atoms with E-state index in [2.05, 4.69) is 6.58 Å². The third-order valence-corrected chi connectivity index (χ3v) is 0.174. The van der Waals surface area contributed by atoms with Crippen molar-refractivity contribution < 1.29 is 21.9 Å². The summed E-state index contributed by atoms with van der Waals surface area (Å²) in [5.74, 6) is 0. The van der Waals surface area contributed by atoms with Crippen LogP contribution in [0.1, 0.15) is 6.92 Å². The maximum absolute atomic E-state index is 9.28. The minimum absolute atomic E-state index is 0. The average Bonchev–Trinajstić information content (AvgIpc) is 1.38. The smallest absolute Gasteiger partial charge is 0.419 e. The van der Waals surface area contributed by atoms with Crippen LogP contribution in [-0.2, 0) is 21.9 Å². The Morgan fingerprint density at radius 3 is 2.00 bits per heavy atom. The van der Waals surface area contributed by atoms with E-state index in [1.807, 2.05) is 0 Å². The molecule has 0 aliphatic carbocycles. The Hall–Kier alpha value is -0.0705. The first-order chi connectivity index (χ1) is 2.27. The second kappa shape index (κ2) is 4.93. The minimum atomic E-state index is 0. The molecule has 1 nitrogen and oxygen atoms in total. The van der Waals surface area contributed by atoms with Crippen LogP contribution in [0.3, 0.4) is 0 Å². The van der Waals surface area contributed by atoms with Crippen molar-refractivity contribution in [3.63, 3.8) is 0 Å². The summed E-state index contributed by atoms with van der Waals surface area (Å²) in [7, 11) is 0. The molecule has 0 bridgehead atoms. The zero-order chi connectivity index (χ0) is 4.28. The van der Waals surface area contributed by atoms with Crippen molar-refractivity contribution in [1.82, 2.24) is 0 Å². The van der Waals surface area contributed by atoms with Gasteiger partial charge < -0.3 is 4.79 Å². The molecule has 0 unspecified atom stereocenters. The first kappa shape index (κ1) is 9.33. The van der Waals surface area contributed by atoms with E-state index < -0.39 is 0 Å². The summed E-state index contributed by atoms with van der Waals surface area (Å²) in [4.78, 5) is 9.28. The van der Waals surface area contributed by atoms with Crippen molar-refractivity contribution in [2.75, 3.05) is 0 Å². The molecule has 0 aromatic carbocycles. The fourth-order valence-electron chi connectivity index (χ4n) is 0. The van der Waals surface area contributed by atoms with E-state index in [0.29, 0.717) is 5.57 Å². The molecule has 0 heterocycles. The summed E-state index contributed by atoms with van der Waals surface area (Å²) in [6.45, 7) is 4.85. The summed E-state index contributed by atoms with van der Waals surface area (Å²) in [5, 5.41) is 0. The van der Waals surface area contributed by atoms with E-state index in [-0.39, 0.29) is 17.1 Å². The Kier molecular flexibility index (Phi) is 7.67. The molecule has 0 spiro atoms. The largest absolute Gasteiger partial charge is 1.00 e. The van der Waals surface area contributed by atoms with Gasteiger partial charge in [0.15, 0.2) is 0 Å². The van der Waals surface area contributed by atoms with Gasteiger partial charge in [-0.2, -0.15) is 5.57 Å². The summed E-state index contributed by atoms with van der Waals surface area (Å²) < 4.78 is 0. The Labute approximate surface area is 47.9 Å². The van der Waals surface area contributed by atoms with E-state index in [9.17, 15) is 4.79 Å². The molecule has 0 aliphatic rings. The minimum Gasteiger partial charge on any atom is -0.419 e. The normalized spacial score (nSPS) is 5.50. The third kappa shape index (κ3) is 9.06. The number of rotatable bonds is 1. The predicted octanol–water partition coefficient (Wildman–Crippen LogP) is 0.670. The van der Waals surface area contributed by atoms with Gasteiger partial charge in [-0.25, -0.2) is 6.58 Å². The number of allylic oxidation sites excluding steroid dienone is 1. The van der Waals surface area contributed by atoms with Gasteiger partial charge in [-0.05, 0) is 6.29 Å². The van der Waals surface area contributed by atoms with Gasteiger partial charge in [-0.3, -0.25) is 0 Å². The van der Waals surface area contributed by atoms with Gasteiger partial charge in [0.2, 0.25) is 0 Å². The van der Waals surface area contributed by atoms with Crippen LogP contribution in [0.5, 0.6) is 0 Å². The van der Waals surface area contributed by atoms with Crippen LogP contribution >= 0.6 is 0 Å². The second-order valence-electron chi connectivity index (χ2n) is 0.882. The van der Waals surface area contributed by atoms with E-state index >= 15 is 0 Å². The molecule has 0 aromatic heterocycles. The van der Waals surface area contributed by atoms with Crippen molar-refractivity contribution in [1.29, 1.82) is 0 Å². The molecule has 6 heavy (non-hydrogen) atoms. The van der Waals surface area contributed by atoms with Gasteiger partial charge in [-0.15, -0.1) is 0 Å². The third-order valence-electron chi connectivity index (χ3n) is 0.174. The molecule has 38 valence electrons. The molecule has 0 aliphatic heterocycles. The van der Waals surface area contributed by atoms with E-state index in [0.717, 1.165) is 0 Å². The van der Waals surface area contributed by atoms with Crippen LogP contribution in [0, 0.1) is 0 Å². The van der Waals surface area contributed by atoms with Crippen molar-refractivity contribution in [3.05, 3.63) is 12.2 Å². The molecule has 0 rings (SSSR count). The van der Waals surface area contributed by atoms with Crippen molar-refractivity contribution >= 4 is 6.29 Å². The van der Waals surface area contributed by atoms with Crippen molar-refractivity contribution in [2.45, 2.75) is 6.92 Å². The zero-order valence-electron chi connectivity index (χ0n) is 3.42. The Bertz CT molecular complexity index is 58.6. The van der Waals surface area contributed by atoms with Crippen molar-refractivity contribution in [3.8, 4) is 0 Å². The summed E-state index contributed by atoms with van der Waals surface area (Å²) >= 11 is 0. The molecule has 0 N–H and O–H groups in total. The average molecular weight is 133 g/mol. The van der Waals surface area contributed by atoms with Gasteiger partial charge in [-0.1, -0.05) is 6.92 Å². The van der Waals surface area contributed by atoms with Crippen molar-refractivity contribution in [2.24, 2.45) is 0 Å². The first-order valence-electron chi connectivity index (χ1n) is 1.31. The van der Waals surface area contributed by atoms with Gasteiger partial charge >= 0.3 is 17.1 Å². The van der Waals surface area contributed by atoms with Crippen LogP contribution in [0.15, 0.2) is 12.2 Å². The fourth-order valence-corrected chi connectivity index (χ4v) is 0. The number of hydrogen-bond donors (Lipinski definition) is 0. The van der Waals surface area contributed by atoms with E-state index in [1.54, 1.807) is 13.2 Å². The molecule has 0 amide bonds. The van der Waals surface area contributed by atoms with Gasteiger partial charge in [0, 0.05) is 0 Å². The SMILES string of the molecule is C=C(C)[C-]=O.[Cu+]. The molecule has 0 radical (unpaired) electrons. The molecule has 0 saturated heterocycles. The predicted molar refractivity (Wildman–Crippen MR) is 20.5 cm³/mol. The first-order valence-corrected chi connectivity index (χ1v) is 1.31. The monoisotopic (exact) mass is 132 g/mol. The molecular formula is C4H5CuO. The molecular weight excluding hydrogens is 128 g/mol. The van der Waals surface area contributed by atoms with E-state index in [1.165, 1.54) is 0 Å². The molecule has 0 fully saturated rings. The Morgan fingerprint density at radius 1 is 1.83 bits per heavy atom. The summed E-state index contributed by atoms with van der Waals surface area (Å²) in [5.41, 5.74) is 0.449. The quantitative estimate of drug-likeness (QED) is 0.291. The van der Waals surface area contributed by atoms with Crippen LogP contribution in [0.25, 0.3) is 0 Å². The summed E-state index contributed by atoms with van der Waals surface area (Å²) in [6.07, 6.45) is 1.58. The van der Waals surface area contributed by atoms with Crippen LogP contribution in [0.4, 0.5) is 0 Å². The molecule has 0 atom stereocenters. The maximum Gasteiger partial charge on any atom is 1.00 e. The summed E-state index contributed by atoms with van der Waals surface area (Å²) in [6, 6.07) is 0. The van der Waals surface area contributed by atoms with Crippen LogP contribution < -0.4 is 0 Å². The van der Waals surface area contributed by atoms with Gasteiger partial charge in [0.1, 0.15) is 0 Å². The van der Waals surface area contributed by atoms with Gasteiger partial charge in [0.25, 0.3) is 0 Å². The molecule has 0 saturated carbocycles.